The van der Waals surface area contributed by atoms with Crippen LogP contribution in [0.3, 0.4) is 0 Å². The molecule has 1 atom stereocenters. The molecule has 2 rings (SSSR count). The van der Waals surface area contributed by atoms with E-state index < -0.39 is 11.7 Å². The van der Waals surface area contributed by atoms with Crippen LogP contribution in [0, 0.1) is 5.92 Å². The van der Waals surface area contributed by atoms with Crippen molar-refractivity contribution >= 4 is 11.7 Å². The van der Waals surface area contributed by atoms with Crippen molar-refractivity contribution in [3.63, 3.8) is 0 Å². The lowest BCUT2D eigenvalue weighted by Gasteiger charge is -2.25. The Balaban J connectivity index is 1.97. The minimum Gasteiger partial charge on any atom is -0.381 e. The van der Waals surface area contributed by atoms with Crippen molar-refractivity contribution < 1.29 is 22.7 Å². The molecule has 1 saturated heterocycles. The molecule has 1 aromatic rings. The van der Waals surface area contributed by atoms with Crippen molar-refractivity contribution in [1.82, 2.24) is 4.90 Å². The molecule has 2 amide bonds. The topological polar surface area (TPSA) is 41.6 Å². The van der Waals surface area contributed by atoms with Crippen LogP contribution < -0.4 is 5.32 Å². The van der Waals surface area contributed by atoms with E-state index in [2.05, 4.69) is 5.32 Å². The van der Waals surface area contributed by atoms with E-state index in [-0.39, 0.29) is 6.03 Å². The quantitative estimate of drug-likeness (QED) is 0.887. The van der Waals surface area contributed by atoms with Crippen molar-refractivity contribution in [2.45, 2.75) is 25.9 Å². The number of nitrogens with one attached hydrogen (secondary N) is 1. The summed E-state index contributed by atoms with van der Waals surface area (Å²) in [5, 5.41) is 2.66. The Morgan fingerprint density at radius 2 is 2.04 bits per heavy atom. The van der Waals surface area contributed by atoms with Gasteiger partial charge < -0.3 is 15.0 Å². The molecule has 1 aliphatic rings. The van der Waals surface area contributed by atoms with Gasteiger partial charge in [-0.3, -0.25) is 0 Å². The first-order valence-corrected chi connectivity index (χ1v) is 7.71. The van der Waals surface area contributed by atoms with Crippen LogP contribution in [0.4, 0.5) is 23.7 Å². The van der Waals surface area contributed by atoms with Gasteiger partial charge in [0.15, 0.2) is 0 Å². The molecule has 128 valence electrons. The van der Waals surface area contributed by atoms with E-state index in [0.717, 1.165) is 25.0 Å². The fourth-order valence-electron chi connectivity index (χ4n) is 2.53. The van der Waals surface area contributed by atoms with E-state index in [1.165, 1.54) is 12.1 Å². The number of urea groups is 1. The standard InChI is InChI=1S/C16H21F3N2O2/c1-2-8-21(10-12-7-9-23-11-12)15(22)20-14-5-3-13(4-6-14)16(17,18)19/h3-6,12H,2,7-11H2,1H3,(H,20,22). The summed E-state index contributed by atoms with van der Waals surface area (Å²) in [5.74, 6) is 0.319. The molecule has 1 heterocycles. The number of amides is 2. The van der Waals surface area contributed by atoms with E-state index in [4.69, 9.17) is 4.74 Å². The third kappa shape index (κ3) is 5.13. The minimum atomic E-state index is -4.38. The Morgan fingerprint density at radius 3 is 2.57 bits per heavy atom. The maximum atomic E-state index is 12.5. The lowest BCUT2D eigenvalue weighted by molar-refractivity contribution is -0.137. The van der Waals surface area contributed by atoms with E-state index in [9.17, 15) is 18.0 Å². The van der Waals surface area contributed by atoms with Gasteiger partial charge in [-0.25, -0.2) is 4.79 Å². The third-order valence-corrected chi connectivity index (χ3v) is 3.75. The Bertz CT molecular complexity index is 511. The number of carbonyl (C=O) groups is 1. The Hall–Kier alpha value is -1.76. The van der Waals surface area contributed by atoms with Crippen LogP contribution in [-0.2, 0) is 10.9 Å². The first-order chi connectivity index (χ1) is 10.9. The fraction of sp³-hybridized carbons (Fsp3) is 0.562. The number of anilines is 1. The van der Waals surface area contributed by atoms with Crippen LogP contribution in [0.25, 0.3) is 0 Å². The molecule has 0 radical (unpaired) electrons. The second-order valence-corrected chi connectivity index (χ2v) is 5.68. The van der Waals surface area contributed by atoms with Gasteiger partial charge in [-0.15, -0.1) is 0 Å². The molecule has 0 spiro atoms. The molecule has 0 aliphatic carbocycles. The van der Waals surface area contributed by atoms with Gasteiger partial charge in [0.2, 0.25) is 0 Å². The number of benzene rings is 1. The first-order valence-electron chi connectivity index (χ1n) is 7.71. The normalized spacial score (nSPS) is 18.0. The molecule has 7 heteroatoms. The van der Waals surface area contributed by atoms with Crippen molar-refractivity contribution in [2.75, 3.05) is 31.6 Å². The second-order valence-electron chi connectivity index (χ2n) is 5.68. The van der Waals surface area contributed by atoms with Gasteiger partial charge in [0.05, 0.1) is 12.2 Å². The number of hydrogen-bond acceptors (Lipinski definition) is 2. The maximum Gasteiger partial charge on any atom is 0.416 e. The van der Waals surface area contributed by atoms with Crippen molar-refractivity contribution in [2.24, 2.45) is 5.92 Å². The Morgan fingerprint density at radius 1 is 1.35 bits per heavy atom. The predicted octanol–water partition coefficient (Wildman–Crippen LogP) is 3.99. The van der Waals surface area contributed by atoms with Crippen LogP contribution in [0.5, 0.6) is 0 Å². The van der Waals surface area contributed by atoms with Crippen molar-refractivity contribution in [1.29, 1.82) is 0 Å². The van der Waals surface area contributed by atoms with Gasteiger partial charge in [-0.1, -0.05) is 6.92 Å². The highest BCUT2D eigenvalue weighted by molar-refractivity contribution is 5.89. The lowest BCUT2D eigenvalue weighted by Crippen LogP contribution is -2.39. The van der Waals surface area contributed by atoms with Crippen LogP contribution >= 0.6 is 0 Å². The number of rotatable bonds is 5. The van der Waals surface area contributed by atoms with Crippen LogP contribution in [0.1, 0.15) is 25.3 Å². The van der Waals surface area contributed by atoms with Gasteiger partial charge in [0.25, 0.3) is 0 Å². The summed E-state index contributed by atoms with van der Waals surface area (Å²) < 4.78 is 42.9. The number of halogens is 3. The summed E-state index contributed by atoms with van der Waals surface area (Å²) in [6.45, 7) is 4.53. The van der Waals surface area contributed by atoms with E-state index in [1.54, 1.807) is 4.90 Å². The van der Waals surface area contributed by atoms with Crippen molar-refractivity contribution in [3.8, 4) is 0 Å². The molecule has 0 bridgehead atoms. The second kappa shape index (κ2) is 7.68. The third-order valence-electron chi connectivity index (χ3n) is 3.75. The van der Waals surface area contributed by atoms with Crippen LogP contribution in [-0.4, -0.2) is 37.2 Å². The van der Waals surface area contributed by atoms with Crippen molar-refractivity contribution in [3.05, 3.63) is 29.8 Å². The average molecular weight is 330 g/mol. The van der Waals surface area contributed by atoms with Gasteiger partial charge >= 0.3 is 12.2 Å². The minimum absolute atomic E-state index is 0.293. The molecule has 1 aromatic carbocycles. The average Bonchev–Trinajstić information content (AvgIpc) is 2.99. The molecule has 1 aliphatic heterocycles. The van der Waals surface area contributed by atoms with E-state index >= 15 is 0 Å². The summed E-state index contributed by atoms with van der Waals surface area (Å²) in [6.07, 6.45) is -2.64. The van der Waals surface area contributed by atoms with E-state index in [0.29, 0.717) is 37.9 Å². The Labute approximate surface area is 133 Å². The lowest BCUT2D eigenvalue weighted by atomic mass is 10.1. The molecule has 0 aromatic heterocycles. The highest BCUT2D eigenvalue weighted by Crippen LogP contribution is 2.29. The summed E-state index contributed by atoms with van der Waals surface area (Å²) in [5.41, 5.74) is -0.379. The zero-order chi connectivity index (χ0) is 16.9. The molecular formula is C16H21F3N2O2. The molecule has 0 saturated carbocycles. The number of alkyl halides is 3. The predicted molar refractivity (Wildman–Crippen MR) is 81.3 cm³/mol. The highest BCUT2D eigenvalue weighted by Gasteiger charge is 2.30. The number of ether oxygens (including phenoxy) is 1. The molecule has 1 unspecified atom stereocenters. The van der Waals surface area contributed by atoms with Gasteiger partial charge in [0.1, 0.15) is 0 Å². The molecule has 4 nitrogen and oxygen atoms in total. The monoisotopic (exact) mass is 330 g/mol. The summed E-state index contributed by atoms with van der Waals surface area (Å²) >= 11 is 0. The summed E-state index contributed by atoms with van der Waals surface area (Å²) in [4.78, 5) is 14.0. The van der Waals surface area contributed by atoms with Crippen LogP contribution in [0.2, 0.25) is 0 Å². The molecule has 1 N–H and O–H groups in total. The summed E-state index contributed by atoms with van der Waals surface area (Å²) in [7, 11) is 0. The number of hydrogen-bond donors (Lipinski definition) is 1. The first kappa shape index (κ1) is 17.6. The summed E-state index contributed by atoms with van der Waals surface area (Å²) in [6, 6.07) is 4.17. The largest absolute Gasteiger partial charge is 0.416 e. The number of carbonyl (C=O) groups excluding carboxylic acids is 1. The van der Waals surface area contributed by atoms with Gasteiger partial charge in [0, 0.05) is 31.3 Å². The zero-order valence-electron chi connectivity index (χ0n) is 13.0. The van der Waals surface area contributed by atoms with Crippen LogP contribution in [0.15, 0.2) is 24.3 Å². The maximum absolute atomic E-state index is 12.5. The fourth-order valence-corrected chi connectivity index (χ4v) is 2.53. The smallest absolute Gasteiger partial charge is 0.381 e. The van der Waals surface area contributed by atoms with Gasteiger partial charge in [-0.2, -0.15) is 13.2 Å². The molecule has 1 fully saturated rings. The van der Waals surface area contributed by atoms with E-state index in [1.807, 2.05) is 6.92 Å². The van der Waals surface area contributed by atoms with Gasteiger partial charge in [-0.05, 0) is 37.1 Å². The Kier molecular flexibility index (Phi) is 5.87. The number of nitrogens with zero attached hydrogens (tertiary/aromatic N) is 1. The zero-order valence-corrected chi connectivity index (χ0v) is 13.0. The molecule has 23 heavy (non-hydrogen) atoms. The highest BCUT2D eigenvalue weighted by atomic mass is 19.4. The molecular weight excluding hydrogens is 309 g/mol. The SMILES string of the molecule is CCCN(CC1CCOC1)C(=O)Nc1ccc(C(F)(F)F)cc1.